The maximum Gasteiger partial charge on any atom is 0.253 e. The molecular formula is C19H19N3O3S2. The van der Waals surface area contributed by atoms with E-state index in [-0.39, 0.29) is 11.2 Å². The predicted molar refractivity (Wildman–Crippen MR) is 110 cm³/mol. The lowest BCUT2D eigenvalue weighted by molar-refractivity contribution is -0.120. The fraction of sp³-hybridized carbons (Fsp3) is 0.211. The van der Waals surface area contributed by atoms with Crippen molar-refractivity contribution in [1.82, 2.24) is 10.4 Å². The number of nitrogens with zero attached hydrogens (tertiary/aromatic N) is 2. The lowest BCUT2D eigenvalue weighted by Gasteiger charge is -2.08. The number of thioether (sulfide) groups is 1. The van der Waals surface area contributed by atoms with Crippen molar-refractivity contribution in [2.24, 2.45) is 5.10 Å². The number of amides is 1. The maximum absolute atomic E-state index is 12.3. The average Bonchev–Trinajstić information content (AvgIpc) is 3.09. The molecule has 1 aromatic heterocycles. The van der Waals surface area contributed by atoms with E-state index in [1.807, 2.05) is 31.2 Å². The summed E-state index contributed by atoms with van der Waals surface area (Å²) in [5, 5.41) is 3.72. The number of carbonyl (C=O) groups is 1. The van der Waals surface area contributed by atoms with Gasteiger partial charge < -0.3 is 9.47 Å². The molecule has 0 spiro atoms. The topological polar surface area (TPSA) is 72.8 Å². The molecule has 1 amide bonds. The number of para-hydroxylation sites is 1. The van der Waals surface area contributed by atoms with Gasteiger partial charge in [0.15, 0.2) is 4.34 Å². The molecule has 0 aliphatic carbocycles. The minimum absolute atomic E-state index is 0.197. The van der Waals surface area contributed by atoms with Crippen LogP contribution in [0.1, 0.15) is 12.5 Å². The molecule has 0 bridgehead atoms. The first-order valence-electron chi connectivity index (χ1n) is 8.18. The predicted octanol–water partition coefficient (Wildman–Crippen LogP) is 3.94. The third-order valence-electron chi connectivity index (χ3n) is 3.74. The van der Waals surface area contributed by atoms with Crippen molar-refractivity contribution in [1.29, 1.82) is 0 Å². The Balaban J connectivity index is 1.62. The van der Waals surface area contributed by atoms with Gasteiger partial charge in [0.25, 0.3) is 5.91 Å². The van der Waals surface area contributed by atoms with E-state index in [2.05, 4.69) is 15.5 Å². The van der Waals surface area contributed by atoms with E-state index in [0.29, 0.717) is 17.1 Å². The molecule has 2 aromatic carbocycles. The maximum atomic E-state index is 12.3. The van der Waals surface area contributed by atoms with Gasteiger partial charge in [-0.1, -0.05) is 23.9 Å². The SMILES string of the molecule is COc1ccc(OC)c(C=NNC(=O)C(C)Sc2nc3ccccc3s2)c1. The van der Waals surface area contributed by atoms with E-state index in [9.17, 15) is 4.79 Å². The van der Waals surface area contributed by atoms with Crippen LogP contribution in [0.4, 0.5) is 0 Å². The molecule has 1 N–H and O–H groups in total. The Labute approximate surface area is 165 Å². The summed E-state index contributed by atoms with van der Waals surface area (Å²) in [7, 11) is 3.17. The Morgan fingerprint density at radius 2 is 2.07 bits per heavy atom. The van der Waals surface area contributed by atoms with Gasteiger partial charge in [0.1, 0.15) is 11.5 Å². The fourth-order valence-electron chi connectivity index (χ4n) is 2.30. The molecule has 27 heavy (non-hydrogen) atoms. The molecule has 1 heterocycles. The zero-order valence-corrected chi connectivity index (χ0v) is 16.8. The Hall–Kier alpha value is -2.58. The van der Waals surface area contributed by atoms with Crippen LogP contribution in [-0.2, 0) is 4.79 Å². The van der Waals surface area contributed by atoms with Crippen molar-refractivity contribution in [3.05, 3.63) is 48.0 Å². The molecule has 0 aliphatic rings. The van der Waals surface area contributed by atoms with E-state index < -0.39 is 0 Å². The third kappa shape index (κ3) is 4.78. The number of methoxy groups -OCH3 is 2. The molecule has 140 valence electrons. The minimum Gasteiger partial charge on any atom is -0.497 e. The Bertz CT molecular complexity index is 939. The molecular weight excluding hydrogens is 382 g/mol. The number of hydrazone groups is 1. The molecule has 3 aromatic rings. The molecule has 6 nitrogen and oxygen atoms in total. The molecule has 1 unspecified atom stereocenters. The van der Waals surface area contributed by atoms with Crippen LogP contribution in [0.3, 0.4) is 0 Å². The minimum atomic E-state index is -0.324. The molecule has 0 saturated heterocycles. The number of carbonyl (C=O) groups excluding carboxylic acids is 1. The van der Waals surface area contributed by atoms with Gasteiger partial charge in [-0.05, 0) is 37.3 Å². The van der Waals surface area contributed by atoms with E-state index in [1.54, 1.807) is 43.8 Å². The first-order chi connectivity index (χ1) is 13.1. The van der Waals surface area contributed by atoms with Crippen LogP contribution in [0.15, 0.2) is 51.9 Å². The Kier molecular flexibility index (Phi) is 6.31. The van der Waals surface area contributed by atoms with Gasteiger partial charge in [0.2, 0.25) is 0 Å². The molecule has 8 heteroatoms. The van der Waals surface area contributed by atoms with Crippen LogP contribution in [0.25, 0.3) is 10.2 Å². The van der Waals surface area contributed by atoms with Crippen molar-refractivity contribution in [2.75, 3.05) is 14.2 Å². The summed E-state index contributed by atoms with van der Waals surface area (Å²) in [5.74, 6) is 1.13. The number of hydrogen-bond donors (Lipinski definition) is 1. The summed E-state index contributed by atoms with van der Waals surface area (Å²) in [6.45, 7) is 1.83. The van der Waals surface area contributed by atoms with E-state index >= 15 is 0 Å². The number of hydrogen-bond acceptors (Lipinski definition) is 7. The first-order valence-corrected chi connectivity index (χ1v) is 9.87. The summed E-state index contributed by atoms with van der Waals surface area (Å²) in [5.41, 5.74) is 4.22. The molecule has 0 aliphatic heterocycles. The normalized spacial score (nSPS) is 12.3. The summed E-state index contributed by atoms with van der Waals surface area (Å²) >= 11 is 2.99. The highest BCUT2D eigenvalue weighted by molar-refractivity contribution is 8.02. The smallest absolute Gasteiger partial charge is 0.253 e. The summed E-state index contributed by atoms with van der Waals surface area (Å²) < 4.78 is 12.5. The van der Waals surface area contributed by atoms with Crippen LogP contribution >= 0.6 is 23.1 Å². The number of aromatic nitrogens is 1. The van der Waals surface area contributed by atoms with E-state index in [0.717, 1.165) is 14.6 Å². The molecule has 0 fully saturated rings. The first kappa shape index (κ1) is 19.2. The van der Waals surface area contributed by atoms with Gasteiger partial charge in [-0.2, -0.15) is 5.10 Å². The van der Waals surface area contributed by atoms with Crippen LogP contribution in [-0.4, -0.2) is 36.6 Å². The number of fused-ring (bicyclic) bond motifs is 1. The summed E-state index contributed by atoms with van der Waals surface area (Å²) in [6, 6.07) is 13.3. The van der Waals surface area contributed by atoms with Crippen LogP contribution in [0.5, 0.6) is 11.5 Å². The number of ether oxygens (including phenoxy) is 2. The van der Waals surface area contributed by atoms with Gasteiger partial charge in [0.05, 0.1) is 35.9 Å². The second-order valence-corrected chi connectivity index (χ2v) is 8.17. The number of nitrogens with one attached hydrogen (secondary N) is 1. The lowest BCUT2D eigenvalue weighted by Crippen LogP contribution is -2.26. The highest BCUT2D eigenvalue weighted by Crippen LogP contribution is 2.31. The Morgan fingerprint density at radius 1 is 1.26 bits per heavy atom. The fourth-order valence-corrected chi connectivity index (χ4v) is 4.51. The van der Waals surface area contributed by atoms with E-state index in [4.69, 9.17) is 9.47 Å². The van der Waals surface area contributed by atoms with Crippen LogP contribution in [0, 0.1) is 0 Å². The second kappa shape index (κ2) is 8.88. The number of rotatable bonds is 7. The highest BCUT2D eigenvalue weighted by Gasteiger charge is 2.16. The number of benzene rings is 2. The molecule has 0 saturated carbocycles. The largest absolute Gasteiger partial charge is 0.497 e. The monoisotopic (exact) mass is 401 g/mol. The van der Waals surface area contributed by atoms with Gasteiger partial charge in [-0.25, -0.2) is 10.4 Å². The van der Waals surface area contributed by atoms with Gasteiger partial charge >= 0.3 is 0 Å². The van der Waals surface area contributed by atoms with Crippen molar-refractivity contribution < 1.29 is 14.3 Å². The van der Waals surface area contributed by atoms with Crippen molar-refractivity contribution in [2.45, 2.75) is 16.5 Å². The quantitative estimate of drug-likeness (QED) is 0.369. The standard InChI is InChI=1S/C19H19N3O3S2/c1-12(26-19-21-15-6-4-5-7-17(15)27-19)18(23)22-20-11-13-10-14(24-2)8-9-16(13)25-3/h4-12H,1-3H3,(H,22,23). The lowest BCUT2D eigenvalue weighted by atomic mass is 10.2. The number of thiazole rings is 1. The van der Waals surface area contributed by atoms with Crippen molar-refractivity contribution >= 4 is 45.4 Å². The zero-order valence-electron chi connectivity index (χ0n) is 15.1. The summed E-state index contributed by atoms with van der Waals surface area (Å²) in [4.78, 5) is 16.8. The zero-order chi connectivity index (χ0) is 19.2. The Morgan fingerprint density at radius 3 is 2.81 bits per heavy atom. The molecule has 0 radical (unpaired) electrons. The van der Waals surface area contributed by atoms with Crippen LogP contribution < -0.4 is 14.9 Å². The van der Waals surface area contributed by atoms with E-state index in [1.165, 1.54) is 18.0 Å². The van der Waals surface area contributed by atoms with Gasteiger partial charge in [-0.3, -0.25) is 4.79 Å². The highest BCUT2D eigenvalue weighted by atomic mass is 32.2. The average molecular weight is 402 g/mol. The van der Waals surface area contributed by atoms with Crippen molar-refractivity contribution in [3.63, 3.8) is 0 Å². The second-order valence-electron chi connectivity index (χ2n) is 5.55. The summed E-state index contributed by atoms with van der Waals surface area (Å²) in [6.07, 6.45) is 1.54. The third-order valence-corrected chi connectivity index (χ3v) is 5.97. The van der Waals surface area contributed by atoms with Crippen molar-refractivity contribution in [3.8, 4) is 11.5 Å². The van der Waals surface area contributed by atoms with Gasteiger partial charge in [-0.15, -0.1) is 11.3 Å². The molecule has 1 atom stereocenters. The van der Waals surface area contributed by atoms with Gasteiger partial charge in [0, 0.05) is 5.56 Å². The van der Waals surface area contributed by atoms with Crippen LogP contribution in [0.2, 0.25) is 0 Å². The molecule has 3 rings (SSSR count).